The largest absolute Gasteiger partial charge is 0.388 e. The Balaban J connectivity index is 2.00. The molecule has 2 heterocycles. The van der Waals surface area contributed by atoms with E-state index in [1.807, 2.05) is 6.07 Å². The van der Waals surface area contributed by atoms with E-state index in [9.17, 15) is 13.9 Å². The van der Waals surface area contributed by atoms with Crippen LogP contribution in [0.1, 0.15) is 66.1 Å². The lowest BCUT2D eigenvalue weighted by Gasteiger charge is -2.44. The second-order valence-electron chi connectivity index (χ2n) is 9.19. The minimum absolute atomic E-state index is 0.239. The number of halogens is 2. The molecule has 1 N–H and O–H groups in total. The van der Waals surface area contributed by atoms with Crippen molar-refractivity contribution < 1.29 is 13.9 Å². The van der Waals surface area contributed by atoms with Crippen LogP contribution in [-0.4, -0.2) is 28.5 Å². The van der Waals surface area contributed by atoms with Gasteiger partial charge in [0.05, 0.1) is 6.10 Å². The van der Waals surface area contributed by atoms with Gasteiger partial charge in [-0.05, 0) is 40.5 Å². The van der Waals surface area contributed by atoms with Crippen LogP contribution < -0.4 is 0 Å². The van der Waals surface area contributed by atoms with E-state index in [2.05, 4.69) is 58.0 Å². The summed E-state index contributed by atoms with van der Waals surface area (Å²) in [6, 6.07) is 3.99. The average molecular weight is 395 g/mol. The maximum Gasteiger partial charge on any atom is 0.248 e. The molecule has 3 rings (SSSR count). The fourth-order valence-electron chi connectivity index (χ4n) is 5.55. The number of aliphatic hydroxyl groups is 1. The zero-order valence-electron chi connectivity index (χ0n) is 17.2. The van der Waals surface area contributed by atoms with Crippen molar-refractivity contribution in [1.82, 2.24) is 9.22 Å². The molecule has 1 saturated carbocycles. The fourth-order valence-corrected chi connectivity index (χ4v) is 12.1. The van der Waals surface area contributed by atoms with Crippen molar-refractivity contribution in [3.05, 3.63) is 30.1 Å². The Morgan fingerprint density at radius 2 is 1.67 bits per heavy atom. The molecular weight excluding hydrogens is 362 g/mol. The maximum absolute atomic E-state index is 13.2. The number of hydrogen-bond donors (Lipinski definition) is 1. The minimum Gasteiger partial charge on any atom is -0.388 e. The van der Waals surface area contributed by atoms with Crippen LogP contribution in [-0.2, 0) is 0 Å². The molecule has 3 nitrogen and oxygen atoms in total. The monoisotopic (exact) mass is 394 g/mol. The highest BCUT2D eigenvalue weighted by Crippen LogP contribution is 2.48. The minimum atomic E-state index is -2.62. The van der Waals surface area contributed by atoms with Gasteiger partial charge < -0.3 is 9.34 Å². The molecule has 0 bridgehead atoms. The van der Waals surface area contributed by atoms with Gasteiger partial charge in [-0.25, -0.2) is 13.8 Å². The van der Waals surface area contributed by atoms with Gasteiger partial charge in [-0.15, -0.1) is 0 Å². The Labute approximate surface area is 161 Å². The van der Waals surface area contributed by atoms with Gasteiger partial charge in [0.1, 0.15) is 5.65 Å². The van der Waals surface area contributed by atoms with E-state index in [0.717, 1.165) is 11.0 Å². The van der Waals surface area contributed by atoms with E-state index in [-0.39, 0.29) is 18.8 Å². The van der Waals surface area contributed by atoms with Crippen molar-refractivity contribution in [2.45, 2.75) is 83.0 Å². The molecule has 0 spiro atoms. The van der Waals surface area contributed by atoms with E-state index in [1.54, 1.807) is 6.20 Å². The highest BCUT2D eigenvalue weighted by Gasteiger charge is 2.49. The number of alkyl halides is 2. The molecule has 1 aliphatic rings. The molecule has 2 aromatic rings. The van der Waals surface area contributed by atoms with Crippen LogP contribution in [0.25, 0.3) is 11.0 Å². The Bertz CT molecular complexity index is 786. The zero-order chi connectivity index (χ0) is 20.1. The number of fused-ring (bicyclic) bond motifs is 1. The van der Waals surface area contributed by atoms with Crippen LogP contribution in [0.2, 0.25) is 16.6 Å². The number of aliphatic hydroxyl groups excluding tert-OH is 1. The van der Waals surface area contributed by atoms with Crippen LogP contribution in [0.4, 0.5) is 8.78 Å². The van der Waals surface area contributed by atoms with E-state index in [1.165, 1.54) is 0 Å². The second kappa shape index (κ2) is 6.96. The maximum atomic E-state index is 13.2. The van der Waals surface area contributed by atoms with Gasteiger partial charge in [0.2, 0.25) is 5.92 Å². The average Bonchev–Trinajstić information content (AvgIpc) is 2.95. The molecule has 27 heavy (non-hydrogen) atoms. The number of hydrogen-bond acceptors (Lipinski definition) is 2. The summed E-state index contributed by atoms with van der Waals surface area (Å²) in [5.74, 6) is -3.00. The van der Waals surface area contributed by atoms with Gasteiger partial charge in [-0.3, -0.25) is 0 Å². The molecule has 0 radical (unpaired) electrons. The number of aromatic nitrogens is 2. The third-order valence-corrected chi connectivity index (χ3v) is 13.4. The summed E-state index contributed by atoms with van der Waals surface area (Å²) >= 11 is 0. The smallest absolute Gasteiger partial charge is 0.248 e. The third-order valence-electron chi connectivity index (χ3n) is 6.65. The first-order valence-corrected chi connectivity index (χ1v) is 12.2. The van der Waals surface area contributed by atoms with Crippen molar-refractivity contribution in [3.8, 4) is 0 Å². The van der Waals surface area contributed by atoms with Crippen molar-refractivity contribution in [2.75, 3.05) is 0 Å². The summed E-state index contributed by atoms with van der Waals surface area (Å²) in [6.45, 7) is 13.9. The molecular formula is C21H32F2N2OSi. The highest BCUT2D eigenvalue weighted by atomic mass is 28.3. The van der Waals surface area contributed by atoms with E-state index >= 15 is 0 Å². The lowest BCUT2D eigenvalue weighted by molar-refractivity contribution is -0.142. The number of rotatable bonds is 6. The van der Waals surface area contributed by atoms with Gasteiger partial charge in [-0.2, -0.15) is 0 Å². The second-order valence-corrected chi connectivity index (χ2v) is 14.9. The van der Waals surface area contributed by atoms with Crippen LogP contribution in [0.3, 0.4) is 0 Å². The first-order valence-electron chi connectivity index (χ1n) is 10.0. The van der Waals surface area contributed by atoms with E-state index < -0.39 is 20.3 Å². The Hall–Kier alpha value is -1.27. The van der Waals surface area contributed by atoms with Crippen molar-refractivity contribution in [2.24, 2.45) is 5.92 Å². The normalized spacial score (nSPS) is 19.3. The van der Waals surface area contributed by atoms with Gasteiger partial charge in [0, 0.05) is 30.3 Å². The quantitative estimate of drug-likeness (QED) is 0.598. The molecule has 2 aromatic heterocycles. The predicted molar refractivity (Wildman–Crippen MR) is 109 cm³/mol. The molecule has 1 fully saturated rings. The SMILES string of the molecule is CC(C)[Si](C(C)C)(C(C)C)n1ccc2cc(C(O)C3CC(F)(F)C3)cnc21. The van der Waals surface area contributed by atoms with Crippen LogP contribution in [0.5, 0.6) is 0 Å². The molecule has 0 aliphatic heterocycles. The van der Waals surface area contributed by atoms with Crippen molar-refractivity contribution in [3.63, 3.8) is 0 Å². The lowest BCUT2D eigenvalue weighted by atomic mass is 9.76. The zero-order valence-corrected chi connectivity index (χ0v) is 18.2. The summed E-state index contributed by atoms with van der Waals surface area (Å²) in [7, 11) is -1.90. The van der Waals surface area contributed by atoms with E-state index in [4.69, 9.17) is 4.98 Å². The summed E-state index contributed by atoms with van der Waals surface area (Å²) in [5.41, 5.74) is 3.26. The van der Waals surface area contributed by atoms with Gasteiger partial charge in [0.25, 0.3) is 0 Å². The summed E-state index contributed by atoms with van der Waals surface area (Å²) in [5, 5.41) is 11.5. The van der Waals surface area contributed by atoms with Crippen LogP contribution in [0.15, 0.2) is 24.5 Å². The molecule has 150 valence electrons. The molecule has 1 atom stereocenters. The molecule has 0 saturated heterocycles. The molecule has 0 amide bonds. The fraction of sp³-hybridized carbons (Fsp3) is 0.667. The lowest BCUT2D eigenvalue weighted by Crippen LogP contribution is -2.51. The summed E-state index contributed by atoms with van der Waals surface area (Å²) < 4.78 is 28.7. The molecule has 6 heteroatoms. The number of pyridine rings is 1. The summed E-state index contributed by atoms with van der Waals surface area (Å²) in [4.78, 5) is 4.70. The Morgan fingerprint density at radius 1 is 1.11 bits per heavy atom. The third kappa shape index (κ3) is 3.25. The van der Waals surface area contributed by atoms with Crippen molar-refractivity contribution >= 4 is 19.3 Å². The van der Waals surface area contributed by atoms with Gasteiger partial charge >= 0.3 is 0 Å². The predicted octanol–water partition coefficient (Wildman–Crippen LogP) is 6.14. The standard InChI is InChI=1S/C21H32F2N2OSi/c1-13(2)27(14(3)4,15(5)6)25-8-7-16-9-17(12-24-20(16)25)19(26)18-10-21(22,23)11-18/h7-9,12-15,18-19,26H,10-11H2,1-6H3. The Morgan fingerprint density at radius 3 is 2.15 bits per heavy atom. The summed E-state index contributed by atoms with van der Waals surface area (Å²) in [6.07, 6.45) is 2.49. The van der Waals surface area contributed by atoms with Crippen LogP contribution in [0, 0.1) is 5.92 Å². The topological polar surface area (TPSA) is 38.0 Å². The highest BCUT2D eigenvalue weighted by molar-refractivity contribution is 6.82. The molecule has 1 aliphatic carbocycles. The number of nitrogens with zero attached hydrogens (tertiary/aromatic N) is 2. The van der Waals surface area contributed by atoms with Crippen LogP contribution >= 0.6 is 0 Å². The molecule has 0 aromatic carbocycles. The first kappa shape index (κ1) is 20.5. The van der Waals surface area contributed by atoms with E-state index in [0.29, 0.717) is 22.2 Å². The van der Waals surface area contributed by atoms with Crippen molar-refractivity contribution in [1.29, 1.82) is 0 Å². The van der Waals surface area contributed by atoms with Gasteiger partial charge in [-0.1, -0.05) is 41.5 Å². The molecule has 1 unspecified atom stereocenters. The first-order chi connectivity index (χ1) is 12.5. The Kier molecular flexibility index (Phi) is 5.27. The van der Waals surface area contributed by atoms with Gasteiger partial charge in [0.15, 0.2) is 8.24 Å².